The van der Waals surface area contributed by atoms with Crippen molar-refractivity contribution in [3.63, 3.8) is 0 Å². The van der Waals surface area contributed by atoms with Crippen LogP contribution in [0.1, 0.15) is 0 Å². The van der Waals surface area contributed by atoms with Crippen LogP contribution in [0.4, 0.5) is 5.82 Å². The Morgan fingerprint density at radius 3 is 2.35 bits per heavy atom. The molecule has 0 unspecified atom stereocenters. The lowest BCUT2D eigenvalue weighted by Crippen LogP contribution is -2.11. The molecule has 0 saturated carbocycles. The Balaban J connectivity index is 1.89. The number of benzene rings is 2. The zero-order valence-corrected chi connectivity index (χ0v) is 14.6. The van der Waals surface area contributed by atoms with Crippen molar-refractivity contribution in [2.75, 3.05) is 19.0 Å². The fraction of sp³-hybridized carbons (Fsp3) is 0.0952. The van der Waals surface area contributed by atoms with Crippen molar-refractivity contribution in [3.05, 3.63) is 77.3 Å². The smallest absolute Gasteiger partial charge is 0.345 e. The van der Waals surface area contributed by atoms with E-state index in [4.69, 9.17) is 0 Å². The van der Waals surface area contributed by atoms with Crippen molar-refractivity contribution < 1.29 is 0 Å². The predicted octanol–water partition coefficient (Wildman–Crippen LogP) is 3.72. The third-order valence-electron chi connectivity index (χ3n) is 4.32. The van der Waals surface area contributed by atoms with E-state index < -0.39 is 0 Å². The zero-order chi connectivity index (χ0) is 18.1. The van der Waals surface area contributed by atoms with Crippen molar-refractivity contribution >= 4 is 16.7 Å². The van der Waals surface area contributed by atoms with Crippen molar-refractivity contribution in [2.45, 2.75) is 0 Å². The monoisotopic (exact) mass is 342 g/mol. The van der Waals surface area contributed by atoms with Gasteiger partial charge in [-0.3, -0.25) is 0 Å². The van der Waals surface area contributed by atoms with Crippen LogP contribution in [0.15, 0.2) is 71.7 Å². The molecule has 2 aromatic heterocycles. The second kappa shape index (κ2) is 6.44. The molecular weight excluding hydrogens is 324 g/mol. The Hall–Kier alpha value is -3.47. The van der Waals surface area contributed by atoms with Crippen LogP contribution in [0.2, 0.25) is 0 Å². The standard InChI is InChI=1S/C21H18N4O/c1-25(2)19-11-9-16(13-22-19)15-8-10-18-17(12-15)20(24-21(26)23-18)14-6-4-3-5-7-14/h3-13H,1-2H3,(H,23,24,26). The average Bonchev–Trinajstić information content (AvgIpc) is 2.68. The topological polar surface area (TPSA) is 61.9 Å². The third-order valence-corrected chi connectivity index (χ3v) is 4.32. The van der Waals surface area contributed by atoms with Crippen LogP contribution < -0.4 is 10.6 Å². The summed E-state index contributed by atoms with van der Waals surface area (Å²) in [6, 6.07) is 19.7. The molecule has 2 heterocycles. The highest BCUT2D eigenvalue weighted by Crippen LogP contribution is 2.29. The van der Waals surface area contributed by atoms with Gasteiger partial charge in [-0.25, -0.2) is 9.78 Å². The van der Waals surface area contributed by atoms with Crippen molar-refractivity contribution in [3.8, 4) is 22.4 Å². The molecule has 0 amide bonds. The summed E-state index contributed by atoms with van der Waals surface area (Å²) in [5, 5.41) is 0.907. The van der Waals surface area contributed by atoms with Crippen LogP contribution in [0, 0.1) is 0 Å². The molecule has 4 rings (SSSR count). The summed E-state index contributed by atoms with van der Waals surface area (Å²) in [6.07, 6.45) is 1.86. The number of anilines is 1. The van der Waals surface area contributed by atoms with E-state index in [0.29, 0.717) is 5.69 Å². The van der Waals surface area contributed by atoms with Crippen LogP contribution in [0.25, 0.3) is 33.3 Å². The van der Waals surface area contributed by atoms with Gasteiger partial charge in [-0.05, 0) is 29.8 Å². The SMILES string of the molecule is CN(C)c1ccc(-c2ccc3[nH]c(=O)nc(-c4ccccc4)c3c2)cn1. The number of nitrogens with one attached hydrogen (secondary N) is 1. The number of aromatic nitrogens is 3. The summed E-state index contributed by atoms with van der Waals surface area (Å²) in [7, 11) is 3.93. The van der Waals surface area contributed by atoms with E-state index in [1.165, 1.54) is 0 Å². The molecule has 5 heteroatoms. The summed E-state index contributed by atoms with van der Waals surface area (Å²) in [5.74, 6) is 0.908. The number of hydrogen-bond acceptors (Lipinski definition) is 4. The minimum atomic E-state index is -0.346. The van der Waals surface area contributed by atoms with Crippen molar-refractivity contribution in [1.82, 2.24) is 15.0 Å². The predicted molar refractivity (Wildman–Crippen MR) is 105 cm³/mol. The molecule has 5 nitrogen and oxygen atoms in total. The first-order valence-corrected chi connectivity index (χ1v) is 8.35. The van der Waals surface area contributed by atoms with Crippen molar-refractivity contribution in [2.24, 2.45) is 0 Å². The van der Waals surface area contributed by atoms with Gasteiger partial charge in [0.05, 0.1) is 11.2 Å². The molecule has 0 radical (unpaired) electrons. The van der Waals surface area contributed by atoms with Crippen molar-refractivity contribution in [1.29, 1.82) is 0 Å². The molecule has 2 aromatic carbocycles. The van der Waals surface area contributed by atoms with Crippen LogP contribution in [-0.4, -0.2) is 29.0 Å². The molecule has 0 aliphatic carbocycles. The minimum absolute atomic E-state index is 0.346. The van der Waals surface area contributed by atoms with E-state index in [1.807, 2.05) is 85.9 Å². The Bertz CT molecular complexity index is 1120. The van der Waals surface area contributed by atoms with Gasteiger partial charge in [0.2, 0.25) is 0 Å². The largest absolute Gasteiger partial charge is 0.363 e. The third kappa shape index (κ3) is 2.95. The molecule has 4 aromatic rings. The molecular formula is C21H18N4O. The first kappa shape index (κ1) is 16.0. The van der Waals surface area contributed by atoms with Crippen LogP contribution in [-0.2, 0) is 0 Å². The van der Waals surface area contributed by atoms with Gasteiger partial charge >= 0.3 is 5.69 Å². The fourth-order valence-corrected chi connectivity index (χ4v) is 2.97. The van der Waals surface area contributed by atoms with E-state index in [0.717, 1.165) is 33.4 Å². The summed E-state index contributed by atoms with van der Waals surface area (Å²) >= 11 is 0. The number of aromatic amines is 1. The summed E-state index contributed by atoms with van der Waals surface area (Å²) < 4.78 is 0. The van der Waals surface area contributed by atoms with Gasteiger partial charge in [-0.15, -0.1) is 0 Å². The second-order valence-corrected chi connectivity index (χ2v) is 6.32. The maximum atomic E-state index is 12.0. The second-order valence-electron chi connectivity index (χ2n) is 6.32. The van der Waals surface area contributed by atoms with Gasteiger partial charge in [-0.1, -0.05) is 36.4 Å². The highest BCUT2D eigenvalue weighted by molar-refractivity contribution is 5.94. The van der Waals surface area contributed by atoms with Crippen LogP contribution in [0.5, 0.6) is 0 Å². The highest BCUT2D eigenvalue weighted by Gasteiger charge is 2.09. The van der Waals surface area contributed by atoms with E-state index in [-0.39, 0.29) is 5.69 Å². The first-order valence-electron chi connectivity index (χ1n) is 8.35. The van der Waals surface area contributed by atoms with Gasteiger partial charge in [0.25, 0.3) is 0 Å². The number of H-pyrrole nitrogens is 1. The highest BCUT2D eigenvalue weighted by atomic mass is 16.1. The number of fused-ring (bicyclic) bond motifs is 1. The summed E-state index contributed by atoms with van der Waals surface area (Å²) in [6.45, 7) is 0. The van der Waals surface area contributed by atoms with Crippen LogP contribution >= 0.6 is 0 Å². The normalized spacial score (nSPS) is 10.8. The summed E-state index contributed by atoms with van der Waals surface area (Å²) in [5.41, 5.74) is 4.07. The number of rotatable bonds is 3. The molecule has 0 saturated heterocycles. The molecule has 0 spiro atoms. The zero-order valence-electron chi connectivity index (χ0n) is 14.6. The maximum Gasteiger partial charge on any atom is 0.345 e. The van der Waals surface area contributed by atoms with Gasteiger partial charge in [-0.2, -0.15) is 4.98 Å². The Labute approximate surface area is 151 Å². The van der Waals surface area contributed by atoms with Gasteiger partial charge < -0.3 is 9.88 Å². The maximum absolute atomic E-state index is 12.0. The number of pyridine rings is 1. The fourth-order valence-electron chi connectivity index (χ4n) is 2.97. The summed E-state index contributed by atoms with van der Waals surface area (Å²) in [4.78, 5) is 25.4. The molecule has 0 bridgehead atoms. The quantitative estimate of drug-likeness (QED) is 0.616. The molecule has 26 heavy (non-hydrogen) atoms. The lowest BCUT2D eigenvalue weighted by molar-refractivity contribution is 1.07. The van der Waals surface area contributed by atoms with E-state index in [2.05, 4.69) is 15.0 Å². The van der Waals surface area contributed by atoms with Crippen LogP contribution in [0.3, 0.4) is 0 Å². The van der Waals surface area contributed by atoms with E-state index >= 15 is 0 Å². The van der Waals surface area contributed by atoms with Gasteiger partial charge in [0.1, 0.15) is 5.82 Å². The van der Waals surface area contributed by atoms with E-state index in [1.54, 1.807) is 0 Å². The minimum Gasteiger partial charge on any atom is -0.363 e. The molecule has 1 N–H and O–H groups in total. The Morgan fingerprint density at radius 1 is 0.885 bits per heavy atom. The molecule has 128 valence electrons. The van der Waals surface area contributed by atoms with Gasteiger partial charge in [0, 0.05) is 36.8 Å². The Morgan fingerprint density at radius 2 is 1.65 bits per heavy atom. The number of nitrogens with zero attached hydrogens (tertiary/aromatic N) is 3. The lowest BCUT2D eigenvalue weighted by atomic mass is 10.0. The average molecular weight is 342 g/mol. The van der Waals surface area contributed by atoms with Gasteiger partial charge in [0.15, 0.2) is 0 Å². The molecule has 0 aliphatic rings. The lowest BCUT2D eigenvalue weighted by Gasteiger charge is -2.12. The number of hydrogen-bond donors (Lipinski definition) is 1. The molecule has 0 fully saturated rings. The molecule has 0 atom stereocenters. The van der Waals surface area contributed by atoms with E-state index in [9.17, 15) is 4.79 Å². The first-order chi connectivity index (χ1) is 12.6. The molecule has 0 aliphatic heterocycles. The Kier molecular flexibility index (Phi) is 3.97.